The fourth-order valence-electron chi connectivity index (χ4n) is 1.85. The summed E-state index contributed by atoms with van der Waals surface area (Å²) in [6, 6.07) is 5.46. The maximum absolute atomic E-state index is 12.0. The quantitative estimate of drug-likeness (QED) is 0.297. The molecular weight excluding hydrogens is 411 g/mol. The van der Waals surface area contributed by atoms with Gasteiger partial charge < -0.3 is 19.5 Å². The molecule has 0 radical (unpaired) electrons. The molecule has 1 aromatic rings. The first-order valence-corrected chi connectivity index (χ1v) is 7.95. The minimum Gasteiger partial charge on any atom is -0.493 e. The molecule has 0 atom stereocenters. The molecule has 1 N–H and O–H groups in total. The molecule has 0 unspecified atom stereocenters. The Labute approximate surface area is 149 Å². The number of rotatable bonds is 8. The summed E-state index contributed by atoms with van der Waals surface area (Å²) in [6.45, 7) is 1.01. The lowest BCUT2D eigenvalue weighted by Gasteiger charge is -2.10. The number of nitrogens with zero attached hydrogens (tertiary/aromatic N) is 1. The van der Waals surface area contributed by atoms with Crippen molar-refractivity contribution in [3.8, 4) is 17.6 Å². The third-order valence-corrected chi connectivity index (χ3v) is 3.74. The SMILES string of the molecule is COCCCNC(=O)/C(C#N)=C/c1cc(I)c(OC)c(OC)c1. The van der Waals surface area contributed by atoms with Crippen LogP contribution >= 0.6 is 22.6 Å². The fraction of sp³-hybridized carbons (Fsp3) is 0.375. The van der Waals surface area contributed by atoms with Crippen LogP contribution in [0.4, 0.5) is 0 Å². The molecule has 0 aliphatic rings. The summed E-state index contributed by atoms with van der Waals surface area (Å²) in [5.41, 5.74) is 0.723. The first kappa shape index (κ1) is 19.3. The molecule has 23 heavy (non-hydrogen) atoms. The molecule has 124 valence electrons. The van der Waals surface area contributed by atoms with Gasteiger partial charge in [0.05, 0.1) is 17.8 Å². The maximum atomic E-state index is 12.0. The third kappa shape index (κ3) is 5.73. The van der Waals surface area contributed by atoms with Crippen molar-refractivity contribution in [2.45, 2.75) is 6.42 Å². The van der Waals surface area contributed by atoms with Gasteiger partial charge in [-0.25, -0.2) is 0 Å². The van der Waals surface area contributed by atoms with E-state index in [-0.39, 0.29) is 5.57 Å². The lowest BCUT2D eigenvalue weighted by atomic mass is 10.1. The monoisotopic (exact) mass is 430 g/mol. The third-order valence-electron chi connectivity index (χ3n) is 2.94. The van der Waals surface area contributed by atoms with E-state index in [4.69, 9.17) is 14.2 Å². The summed E-state index contributed by atoms with van der Waals surface area (Å²) in [5.74, 6) is 0.754. The standard InChI is InChI=1S/C16H19IN2O4/c1-21-6-4-5-19-16(20)12(10-18)7-11-8-13(17)15(23-3)14(9-11)22-2/h7-9H,4-6H2,1-3H3,(H,19,20)/b12-7+. The van der Waals surface area contributed by atoms with E-state index in [1.165, 1.54) is 13.2 Å². The lowest BCUT2D eigenvalue weighted by molar-refractivity contribution is -0.117. The number of carbonyl (C=O) groups is 1. The van der Waals surface area contributed by atoms with Crippen molar-refractivity contribution >= 4 is 34.6 Å². The Morgan fingerprint density at radius 3 is 2.65 bits per heavy atom. The number of nitriles is 1. The molecule has 0 spiro atoms. The Morgan fingerprint density at radius 2 is 2.09 bits per heavy atom. The summed E-state index contributed by atoms with van der Waals surface area (Å²) in [4.78, 5) is 12.0. The Kier molecular flexibility index (Phi) is 8.43. The van der Waals surface area contributed by atoms with E-state index in [1.54, 1.807) is 20.3 Å². The lowest BCUT2D eigenvalue weighted by Crippen LogP contribution is -2.26. The van der Waals surface area contributed by atoms with Crippen LogP contribution < -0.4 is 14.8 Å². The van der Waals surface area contributed by atoms with Crippen molar-refractivity contribution in [1.82, 2.24) is 5.32 Å². The number of methoxy groups -OCH3 is 3. The second kappa shape index (κ2) is 10.1. The van der Waals surface area contributed by atoms with Crippen LogP contribution in [0.1, 0.15) is 12.0 Å². The molecule has 1 aromatic carbocycles. The van der Waals surface area contributed by atoms with Gasteiger partial charge in [0.15, 0.2) is 11.5 Å². The molecule has 0 fully saturated rings. The van der Waals surface area contributed by atoms with Gasteiger partial charge in [-0.05, 0) is 52.8 Å². The molecule has 0 heterocycles. The topological polar surface area (TPSA) is 80.6 Å². The number of carbonyl (C=O) groups excluding carboxylic acids is 1. The number of hydrogen-bond acceptors (Lipinski definition) is 5. The minimum atomic E-state index is -0.409. The van der Waals surface area contributed by atoms with Crippen LogP contribution in [0.2, 0.25) is 0 Å². The van der Waals surface area contributed by atoms with Gasteiger partial charge >= 0.3 is 0 Å². The van der Waals surface area contributed by atoms with E-state index in [0.717, 1.165) is 3.57 Å². The van der Waals surface area contributed by atoms with Crippen molar-refractivity contribution < 1.29 is 19.0 Å². The molecule has 0 bridgehead atoms. The van der Waals surface area contributed by atoms with Crippen LogP contribution in [0.25, 0.3) is 6.08 Å². The second-order valence-electron chi connectivity index (χ2n) is 4.51. The van der Waals surface area contributed by atoms with E-state index >= 15 is 0 Å². The highest BCUT2D eigenvalue weighted by Gasteiger charge is 2.12. The van der Waals surface area contributed by atoms with Crippen LogP contribution in [0.15, 0.2) is 17.7 Å². The molecule has 6 nitrogen and oxygen atoms in total. The second-order valence-corrected chi connectivity index (χ2v) is 5.67. The van der Waals surface area contributed by atoms with Crippen molar-refractivity contribution in [2.75, 3.05) is 34.5 Å². The highest BCUT2D eigenvalue weighted by Crippen LogP contribution is 2.34. The van der Waals surface area contributed by atoms with Crippen molar-refractivity contribution in [2.24, 2.45) is 0 Å². The highest BCUT2D eigenvalue weighted by atomic mass is 127. The largest absolute Gasteiger partial charge is 0.493 e. The van der Waals surface area contributed by atoms with E-state index in [0.29, 0.717) is 36.6 Å². The molecule has 0 aliphatic carbocycles. The zero-order chi connectivity index (χ0) is 17.2. The molecule has 0 aromatic heterocycles. The fourth-order valence-corrected chi connectivity index (χ4v) is 2.70. The van der Waals surface area contributed by atoms with Gasteiger partial charge in [-0.15, -0.1) is 0 Å². The Morgan fingerprint density at radius 1 is 1.35 bits per heavy atom. The number of hydrogen-bond donors (Lipinski definition) is 1. The molecule has 0 saturated heterocycles. The predicted octanol–water partition coefficient (Wildman–Crippen LogP) is 2.37. The number of amides is 1. The highest BCUT2D eigenvalue weighted by molar-refractivity contribution is 14.1. The van der Waals surface area contributed by atoms with Crippen LogP contribution in [-0.4, -0.2) is 40.4 Å². The van der Waals surface area contributed by atoms with Gasteiger partial charge in [0.25, 0.3) is 5.91 Å². The van der Waals surface area contributed by atoms with E-state index < -0.39 is 5.91 Å². The zero-order valence-electron chi connectivity index (χ0n) is 13.3. The summed E-state index contributed by atoms with van der Waals surface area (Å²) >= 11 is 2.11. The van der Waals surface area contributed by atoms with Crippen LogP contribution in [-0.2, 0) is 9.53 Å². The summed E-state index contributed by atoms with van der Waals surface area (Å²) in [5, 5.41) is 11.9. The van der Waals surface area contributed by atoms with Crippen molar-refractivity contribution in [1.29, 1.82) is 5.26 Å². The normalized spacial score (nSPS) is 10.8. The first-order chi connectivity index (χ1) is 11.1. The Bertz CT molecular complexity index is 623. The molecule has 1 amide bonds. The van der Waals surface area contributed by atoms with E-state index in [2.05, 4.69) is 27.9 Å². The molecule has 7 heteroatoms. The van der Waals surface area contributed by atoms with Crippen molar-refractivity contribution in [3.63, 3.8) is 0 Å². The van der Waals surface area contributed by atoms with Gasteiger partial charge in [-0.2, -0.15) is 5.26 Å². The summed E-state index contributed by atoms with van der Waals surface area (Å²) < 4.78 is 16.3. The van der Waals surface area contributed by atoms with Crippen LogP contribution in [0.3, 0.4) is 0 Å². The first-order valence-electron chi connectivity index (χ1n) is 6.87. The Balaban J connectivity index is 2.96. The number of ether oxygens (including phenoxy) is 3. The predicted molar refractivity (Wildman–Crippen MR) is 95.4 cm³/mol. The van der Waals surface area contributed by atoms with E-state index in [9.17, 15) is 10.1 Å². The average molecular weight is 430 g/mol. The van der Waals surface area contributed by atoms with Crippen LogP contribution in [0, 0.1) is 14.9 Å². The maximum Gasteiger partial charge on any atom is 0.261 e. The number of nitrogens with one attached hydrogen (secondary N) is 1. The van der Waals surface area contributed by atoms with Gasteiger partial charge in [0, 0.05) is 20.3 Å². The summed E-state index contributed by atoms with van der Waals surface area (Å²) in [7, 11) is 4.69. The molecule has 0 saturated carbocycles. The smallest absolute Gasteiger partial charge is 0.261 e. The molecular formula is C16H19IN2O4. The van der Waals surface area contributed by atoms with Crippen LogP contribution in [0.5, 0.6) is 11.5 Å². The number of halogens is 1. The van der Waals surface area contributed by atoms with Gasteiger partial charge in [0.2, 0.25) is 0 Å². The van der Waals surface area contributed by atoms with Gasteiger partial charge in [0.1, 0.15) is 11.6 Å². The van der Waals surface area contributed by atoms with Gasteiger partial charge in [-0.1, -0.05) is 0 Å². The van der Waals surface area contributed by atoms with Gasteiger partial charge in [-0.3, -0.25) is 4.79 Å². The molecule has 1 rings (SSSR count). The van der Waals surface area contributed by atoms with E-state index in [1.807, 2.05) is 12.1 Å². The minimum absolute atomic E-state index is 0.0328. The summed E-state index contributed by atoms with van der Waals surface area (Å²) in [6.07, 6.45) is 2.21. The average Bonchev–Trinajstić information content (AvgIpc) is 2.55. The molecule has 0 aliphatic heterocycles. The Hall–Kier alpha value is -1.79. The van der Waals surface area contributed by atoms with Crippen molar-refractivity contribution in [3.05, 3.63) is 26.8 Å². The number of benzene rings is 1. The zero-order valence-corrected chi connectivity index (χ0v) is 15.5.